The highest BCUT2D eigenvalue weighted by molar-refractivity contribution is 5.88. The third-order valence-corrected chi connectivity index (χ3v) is 4.70. The largest absolute Gasteiger partial charge is 0.378 e. The second kappa shape index (κ2) is 7.75. The molecule has 2 fully saturated rings. The van der Waals surface area contributed by atoms with Gasteiger partial charge in [0.1, 0.15) is 11.9 Å². The number of morpholine rings is 1. The number of amides is 2. The molecule has 5 nitrogen and oxygen atoms in total. The van der Waals surface area contributed by atoms with E-state index < -0.39 is 0 Å². The lowest BCUT2D eigenvalue weighted by atomic mass is 9.99. The molecule has 3 rings (SSSR count). The molecule has 0 N–H and O–H groups in total. The van der Waals surface area contributed by atoms with Crippen molar-refractivity contribution in [2.24, 2.45) is 0 Å². The number of ether oxygens (including phenoxy) is 1. The van der Waals surface area contributed by atoms with Crippen LogP contribution in [0.1, 0.15) is 24.8 Å². The van der Waals surface area contributed by atoms with E-state index >= 15 is 0 Å². The monoisotopic (exact) mass is 334 g/mol. The van der Waals surface area contributed by atoms with Crippen LogP contribution in [0, 0.1) is 5.82 Å². The molecule has 2 saturated heterocycles. The van der Waals surface area contributed by atoms with Crippen LogP contribution in [-0.4, -0.2) is 60.5 Å². The fourth-order valence-corrected chi connectivity index (χ4v) is 3.36. The third-order valence-electron chi connectivity index (χ3n) is 4.70. The van der Waals surface area contributed by atoms with E-state index in [1.165, 1.54) is 12.1 Å². The fraction of sp³-hybridized carbons (Fsp3) is 0.556. The Bertz CT molecular complexity index is 584. The Labute approximate surface area is 141 Å². The fourth-order valence-electron chi connectivity index (χ4n) is 3.36. The summed E-state index contributed by atoms with van der Waals surface area (Å²) in [5.41, 5.74) is 0.768. The first-order valence-corrected chi connectivity index (χ1v) is 8.55. The van der Waals surface area contributed by atoms with Crippen molar-refractivity contribution in [2.45, 2.75) is 31.7 Å². The zero-order valence-corrected chi connectivity index (χ0v) is 13.7. The molecule has 2 aliphatic heterocycles. The van der Waals surface area contributed by atoms with Gasteiger partial charge < -0.3 is 14.5 Å². The van der Waals surface area contributed by atoms with Crippen molar-refractivity contribution in [3.05, 3.63) is 35.6 Å². The Morgan fingerprint density at radius 2 is 1.79 bits per heavy atom. The number of carbonyl (C=O) groups is 2. The van der Waals surface area contributed by atoms with Crippen molar-refractivity contribution in [2.75, 3.05) is 32.8 Å². The molecule has 6 heteroatoms. The molecule has 0 spiro atoms. The van der Waals surface area contributed by atoms with Gasteiger partial charge in [0.2, 0.25) is 11.8 Å². The highest BCUT2D eigenvalue weighted by Crippen LogP contribution is 2.21. The maximum absolute atomic E-state index is 13.0. The molecule has 0 unspecified atom stereocenters. The predicted octanol–water partition coefficient (Wildman–Crippen LogP) is 1.61. The minimum atomic E-state index is -0.371. The number of halogens is 1. The average Bonchev–Trinajstić information content (AvgIpc) is 2.63. The first kappa shape index (κ1) is 16.9. The van der Waals surface area contributed by atoms with Gasteiger partial charge in [0.05, 0.1) is 19.6 Å². The van der Waals surface area contributed by atoms with Crippen LogP contribution >= 0.6 is 0 Å². The van der Waals surface area contributed by atoms with Crippen molar-refractivity contribution < 1.29 is 18.7 Å². The van der Waals surface area contributed by atoms with Gasteiger partial charge in [-0.2, -0.15) is 0 Å². The van der Waals surface area contributed by atoms with Gasteiger partial charge in [-0.05, 0) is 37.0 Å². The van der Waals surface area contributed by atoms with Gasteiger partial charge in [0.15, 0.2) is 0 Å². The molecule has 0 saturated carbocycles. The van der Waals surface area contributed by atoms with Crippen LogP contribution in [0.4, 0.5) is 4.39 Å². The number of carbonyl (C=O) groups excluding carboxylic acids is 2. The van der Waals surface area contributed by atoms with Gasteiger partial charge in [-0.25, -0.2) is 4.39 Å². The highest BCUT2D eigenvalue weighted by Gasteiger charge is 2.35. The number of hydrogen-bond acceptors (Lipinski definition) is 3. The standard InChI is InChI=1S/C18H23FN2O3/c19-15-6-4-14(5-7-15)13-17(22)21-8-2-1-3-16(21)18(23)20-9-11-24-12-10-20/h4-7,16H,1-3,8-13H2/t16-/m1/s1. The molecule has 1 aromatic carbocycles. The van der Waals surface area contributed by atoms with Crippen molar-refractivity contribution >= 4 is 11.8 Å². The summed E-state index contributed by atoms with van der Waals surface area (Å²) < 4.78 is 18.3. The van der Waals surface area contributed by atoms with E-state index in [0.717, 1.165) is 18.4 Å². The van der Waals surface area contributed by atoms with Crippen molar-refractivity contribution in [1.29, 1.82) is 0 Å². The maximum Gasteiger partial charge on any atom is 0.245 e. The Kier molecular flexibility index (Phi) is 5.45. The lowest BCUT2D eigenvalue weighted by Gasteiger charge is -2.38. The minimum absolute atomic E-state index is 0.0328. The molecule has 2 heterocycles. The van der Waals surface area contributed by atoms with E-state index in [0.29, 0.717) is 39.3 Å². The summed E-state index contributed by atoms with van der Waals surface area (Å²) in [7, 11) is 0. The Balaban J connectivity index is 1.67. The van der Waals surface area contributed by atoms with E-state index in [2.05, 4.69) is 0 Å². The molecule has 0 aromatic heterocycles. The molecular weight excluding hydrogens is 311 g/mol. The van der Waals surface area contributed by atoms with Gasteiger partial charge in [0, 0.05) is 19.6 Å². The molecule has 1 aromatic rings. The lowest BCUT2D eigenvalue weighted by Crippen LogP contribution is -2.55. The molecular formula is C18H23FN2O3. The molecule has 1 atom stereocenters. The molecule has 0 bridgehead atoms. The van der Waals surface area contributed by atoms with Crippen molar-refractivity contribution in [3.63, 3.8) is 0 Å². The SMILES string of the molecule is O=C([C@H]1CCCCN1C(=O)Cc1ccc(F)cc1)N1CCOCC1. The van der Waals surface area contributed by atoms with Gasteiger partial charge in [0.25, 0.3) is 0 Å². The maximum atomic E-state index is 13.0. The molecule has 2 aliphatic rings. The van der Waals surface area contributed by atoms with E-state index in [4.69, 9.17) is 4.74 Å². The smallest absolute Gasteiger partial charge is 0.245 e. The second-order valence-corrected chi connectivity index (χ2v) is 6.34. The van der Waals surface area contributed by atoms with E-state index in [9.17, 15) is 14.0 Å². The van der Waals surface area contributed by atoms with Crippen molar-refractivity contribution in [1.82, 2.24) is 9.80 Å². The summed E-state index contributed by atoms with van der Waals surface area (Å²) in [4.78, 5) is 29.0. The van der Waals surface area contributed by atoms with Crippen LogP contribution in [0.5, 0.6) is 0 Å². The van der Waals surface area contributed by atoms with Crippen LogP contribution in [0.25, 0.3) is 0 Å². The summed E-state index contributed by atoms with van der Waals surface area (Å²) in [5, 5.41) is 0. The first-order valence-electron chi connectivity index (χ1n) is 8.55. The first-order chi connectivity index (χ1) is 11.6. The van der Waals surface area contributed by atoms with Crippen molar-refractivity contribution in [3.8, 4) is 0 Å². The molecule has 24 heavy (non-hydrogen) atoms. The molecule has 0 aliphatic carbocycles. The van der Waals surface area contributed by atoms with Crippen LogP contribution in [-0.2, 0) is 20.7 Å². The number of likely N-dealkylation sites (tertiary alicyclic amines) is 1. The van der Waals surface area contributed by atoms with Crippen LogP contribution < -0.4 is 0 Å². The number of piperidine rings is 1. The Morgan fingerprint density at radius 1 is 1.08 bits per heavy atom. The number of hydrogen-bond donors (Lipinski definition) is 0. The topological polar surface area (TPSA) is 49.9 Å². The Morgan fingerprint density at radius 3 is 2.50 bits per heavy atom. The van der Waals surface area contributed by atoms with E-state index in [1.54, 1.807) is 21.9 Å². The number of benzene rings is 1. The van der Waals surface area contributed by atoms with E-state index in [1.807, 2.05) is 0 Å². The predicted molar refractivity (Wildman–Crippen MR) is 86.9 cm³/mol. The molecule has 130 valence electrons. The van der Waals surface area contributed by atoms with Gasteiger partial charge in [-0.1, -0.05) is 12.1 Å². The lowest BCUT2D eigenvalue weighted by molar-refractivity contribution is -0.149. The second-order valence-electron chi connectivity index (χ2n) is 6.34. The van der Waals surface area contributed by atoms with E-state index in [-0.39, 0.29) is 30.1 Å². The quantitative estimate of drug-likeness (QED) is 0.844. The van der Waals surface area contributed by atoms with Gasteiger partial charge in [-0.3, -0.25) is 9.59 Å². The highest BCUT2D eigenvalue weighted by atomic mass is 19.1. The summed E-state index contributed by atoms with van der Waals surface area (Å²) in [6, 6.07) is 5.58. The van der Waals surface area contributed by atoms with Gasteiger partial charge in [-0.15, -0.1) is 0 Å². The third kappa shape index (κ3) is 3.93. The van der Waals surface area contributed by atoms with Crippen LogP contribution in [0.2, 0.25) is 0 Å². The summed E-state index contributed by atoms with van der Waals surface area (Å²) in [6.07, 6.45) is 2.79. The Hall–Kier alpha value is -1.95. The zero-order valence-electron chi connectivity index (χ0n) is 13.7. The molecule has 0 radical (unpaired) electrons. The normalized spacial score (nSPS) is 21.6. The summed E-state index contributed by atoms with van der Waals surface area (Å²) >= 11 is 0. The average molecular weight is 334 g/mol. The zero-order chi connectivity index (χ0) is 16.9. The summed E-state index contributed by atoms with van der Waals surface area (Å²) in [5.74, 6) is -0.345. The molecule has 2 amide bonds. The van der Waals surface area contributed by atoms with Gasteiger partial charge >= 0.3 is 0 Å². The summed E-state index contributed by atoms with van der Waals surface area (Å²) in [6.45, 7) is 2.91. The number of rotatable bonds is 3. The number of nitrogens with zero attached hydrogens (tertiary/aromatic N) is 2. The minimum Gasteiger partial charge on any atom is -0.378 e. The van der Waals surface area contributed by atoms with Crippen LogP contribution in [0.3, 0.4) is 0 Å². The van der Waals surface area contributed by atoms with Crippen LogP contribution in [0.15, 0.2) is 24.3 Å².